The van der Waals surface area contributed by atoms with Gasteiger partial charge in [0.15, 0.2) is 0 Å². The lowest BCUT2D eigenvalue weighted by Crippen LogP contribution is -2.29. The molecule has 0 fully saturated rings. The van der Waals surface area contributed by atoms with Crippen LogP contribution in [0.25, 0.3) is 0 Å². The van der Waals surface area contributed by atoms with Crippen LogP contribution in [0.4, 0.5) is 5.69 Å². The second kappa shape index (κ2) is 8.24. The number of anilines is 1. The fourth-order valence-electron chi connectivity index (χ4n) is 1.62. The molecule has 0 spiro atoms. The Bertz CT molecular complexity index is 476. The Hall–Kier alpha value is -1.11. The van der Waals surface area contributed by atoms with E-state index in [9.17, 15) is 9.90 Å². The molecule has 114 valence electrons. The van der Waals surface area contributed by atoms with Gasteiger partial charge < -0.3 is 15.3 Å². The zero-order valence-corrected chi connectivity index (χ0v) is 13.0. The standard InChI is InChI=1S/C13H23ClN4O2/c1-4-10(19)5-6-15-11-9-16-18(8-7-17(2)3)13(20)12(11)14/h9-10,15,19H,4-8H2,1-3H3. The molecular weight excluding hydrogens is 280 g/mol. The molecule has 0 saturated carbocycles. The van der Waals surface area contributed by atoms with Crippen LogP contribution in [0.15, 0.2) is 11.0 Å². The van der Waals surface area contributed by atoms with Gasteiger partial charge in [0.1, 0.15) is 5.02 Å². The molecule has 1 unspecified atom stereocenters. The van der Waals surface area contributed by atoms with Gasteiger partial charge in [0.25, 0.3) is 5.56 Å². The van der Waals surface area contributed by atoms with Crippen molar-refractivity contribution >= 4 is 17.3 Å². The highest BCUT2D eigenvalue weighted by Crippen LogP contribution is 2.15. The van der Waals surface area contributed by atoms with Gasteiger partial charge in [-0.05, 0) is 26.9 Å². The van der Waals surface area contributed by atoms with E-state index in [2.05, 4.69) is 10.4 Å². The van der Waals surface area contributed by atoms with E-state index >= 15 is 0 Å². The average Bonchev–Trinajstić information content (AvgIpc) is 2.42. The average molecular weight is 303 g/mol. The zero-order chi connectivity index (χ0) is 15.1. The molecule has 20 heavy (non-hydrogen) atoms. The van der Waals surface area contributed by atoms with Gasteiger partial charge in [0, 0.05) is 13.1 Å². The Labute approximate surface area is 124 Å². The van der Waals surface area contributed by atoms with Crippen LogP contribution in [-0.2, 0) is 6.54 Å². The predicted molar refractivity (Wildman–Crippen MR) is 81.5 cm³/mol. The SMILES string of the molecule is CCC(O)CCNc1cnn(CCN(C)C)c(=O)c1Cl. The van der Waals surface area contributed by atoms with Crippen molar-refractivity contribution in [3.63, 3.8) is 0 Å². The maximum absolute atomic E-state index is 12.0. The third-order valence-electron chi connectivity index (χ3n) is 3.01. The summed E-state index contributed by atoms with van der Waals surface area (Å²) >= 11 is 6.05. The van der Waals surface area contributed by atoms with Gasteiger partial charge in [-0.1, -0.05) is 18.5 Å². The highest BCUT2D eigenvalue weighted by molar-refractivity contribution is 6.32. The van der Waals surface area contributed by atoms with Crippen LogP contribution in [0.5, 0.6) is 0 Å². The third-order valence-corrected chi connectivity index (χ3v) is 3.37. The largest absolute Gasteiger partial charge is 0.393 e. The number of nitrogens with one attached hydrogen (secondary N) is 1. The second-order valence-electron chi connectivity index (χ2n) is 4.98. The molecule has 6 nitrogen and oxygen atoms in total. The van der Waals surface area contributed by atoms with E-state index in [0.29, 0.717) is 31.6 Å². The Kier molecular flexibility index (Phi) is 6.98. The van der Waals surface area contributed by atoms with Crippen LogP contribution >= 0.6 is 11.6 Å². The summed E-state index contributed by atoms with van der Waals surface area (Å²) in [4.78, 5) is 14.0. The third kappa shape index (κ3) is 5.11. The van der Waals surface area contributed by atoms with Gasteiger partial charge >= 0.3 is 0 Å². The van der Waals surface area contributed by atoms with Gasteiger partial charge in [-0.25, -0.2) is 4.68 Å². The predicted octanol–water partition coefficient (Wildman–Crippen LogP) is 1.03. The lowest BCUT2D eigenvalue weighted by Gasteiger charge is -2.13. The number of hydrogen-bond acceptors (Lipinski definition) is 5. The highest BCUT2D eigenvalue weighted by atomic mass is 35.5. The minimum absolute atomic E-state index is 0.143. The van der Waals surface area contributed by atoms with Gasteiger partial charge in [-0.15, -0.1) is 0 Å². The first-order chi connectivity index (χ1) is 9.45. The molecule has 1 aromatic heterocycles. The van der Waals surface area contributed by atoms with Crippen LogP contribution in [0.3, 0.4) is 0 Å². The number of aromatic nitrogens is 2. The normalized spacial score (nSPS) is 12.7. The van der Waals surface area contributed by atoms with Gasteiger partial charge in [-0.2, -0.15) is 5.10 Å². The van der Waals surface area contributed by atoms with Gasteiger partial charge in [0.05, 0.1) is 24.5 Å². The molecule has 1 atom stereocenters. The summed E-state index contributed by atoms with van der Waals surface area (Å²) in [5, 5.41) is 16.7. The summed E-state index contributed by atoms with van der Waals surface area (Å²) < 4.78 is 1.36. The monoisotopic (exact) mass is 302 g/mol. The molecule has 1 rings (SSSR count). The topological polar surface area (TPSA) is 70.4 Å². The number of halogens is 1. The van der Waals surface area contributed by atoms with Crippen LogP contribution in [-0.4, -0.2) is 53.1 Å². The molecular formula is C13H23ClN4O2. The lowest BCUT2D eigenvalue weighted by molar-refractivity contribution is 0.164. The molecule has 0 aliphatic carbocycles. The van der Waals surface area contributed by atoms with Crippen LogP contribution < -0.4 is 10.9 Å². The molecule has 2 N–H and O–H groups in total. The first-order valence-electron chi connectivity index (χ1n) is 6.78. The van der Waals surface area contributed by atoms with Crippen molar-refractivity contribution < 1.29 is 5.11 Å². The molecule has 0 saturated heterocycles. The molecule has 0 aliphatic heterocycles. The van der Waals surface area contributed by atoms with Crippen molar-refractivity contribution in [2.75, 3.05) is 32.5 Å². The fraction of sp³-hybridized carbons (Fsp3) is 0.692. The van der Waals surface area contributed by atoms with E-state index < -0.39 is 0 Å². The van der Waals surface area contributed by atoms with Crippen molar-refractivity contribution in [3.05, 3.63) is 21.6 Å². The van der Waals surface area contributed by atoms with Crippen molar-refractivity contribution in [1.82, 2.24) is 14.7 Å². The number of aliphatic hydroxyl groups is 1. The molecule has 7 heteroatoms. The molecule has 0 bridgehead atoms. The highest BCUT2D eigenvalue weighted by Gasteiger charge is 2.09. The van der Waals surface area contributed by atoms with Gasteiger partial charge in [0.2, 0.25) is 0 Å². The van der Waals surface area contributed by atoms with Crippen LogP contribution in [0.1, 0.15) is 19.8 Å². The molecule has 0 aromatic carbocycles. The van der Waals surface area contributed by atoms with Gasteiger partial charge in [-0.3, -0.25) is 4.79 Å². The van der Waals surface area contributed by atoms with Crippen molar-refractivity contribution in [3.8, 4) is 0 Å². The molecule has 1 aromatic rings. The second-order valence-corrected chi connectivity index (χ2v) is 5.36. The maximum atomic E-state index is 12.0. The van der Waals surface area contributed by atoms with Crippen molar-refractivity contribution in [2.24, 2.45) is 0 Å². The molecule has 0 aliphatic rings. The molecule has 0 radical (unpaired) electrons. The van der Waals surface area contributed by atoms with E-state index in [0.717, 1.165) is 6.54 Å². The number of rotatable bonds is 8. The van der Waals surface area contributed by atoms with Crippen molar-refractivity contribution in [2.45, 2.75) is 32.4 Å². The summed E-state index contributed by atoms with van der Waals surface area (Å²) in [5.74, 6) is 0. The van der Waals surface area contributed by atoms with E-state index in [1.165, 1.54) is 4.68 Å². The molecule has 0 amide bonds. The van der Waals surface area contributed by atoms with E-state index in [1.54, 1.807) is 6.20 Å². The minimum Gasteiger partial charge on any atom is -0.393 e. The number of hydrogen-bond donors (Lipinski definition) is 2. The quantitative estimate of drug-likeness (QED) is 0.750. The maximum Gasteiger partial charge on any atom is 0.287 e. The van der Waals surface area contributed by atoms with Crippen LogP contribution in [0, 0.1) is 0 Å². The van der Waals surface area contributed by atoms with E-state index in [4.69, 9.17) is 11.6 Å². The summed E-state index contributed by atoms with van der Waals surface area (Å²) in [6.07, 6.45) is 2.53. The smallest absolute Gasteiger partial charge is 0.287 e. The number of aliphatic hydroxyl groups excluding tert-OH is 1. The van der Waals surface area contributed by atoms with Crippen LogP contribution in [0.2, 0.25) is 5.02 Å². The summed E-state index contributed by atoms with van der Waals surface area (Å²) in [6, 6.07) is 0. The minimum atomic E-state index is -0.338. The summed E-state index contributed by atoms with van der Waals surface area (Å²) in [6.45, 7) is 3.70. The Morgan fingerprint density at radius 3 is 2.85 bits per heavy atom. The Morgan fingerprint density at radius 1 is 1.55 bits per heavy atom. The summed E-state index contributed by atoms with van der Waals surface area (Å²) in [7, 11) is 3.86. The first-order valence-corrected chi connectivity index (χ1v) is 7.15. The molecule has 1 heterocycles. The fourth-order valence-corrected chi connectivity index (χ4v) is 1.83. The lowest BCUT2D eigenvalue weighted by atomic mass is 10.2. The van der Waals surface area contributed by atoms with E-state index in [-0.39, 0.29) is 16.7 Å². The number of nitrogens with zero attached hydrogens (tertiary/aromatic N) is 3. The van der Waals surface area contributed by atoms with Crippen molar-refractivity contribution in [1.29, 1.82) is 0 Å². The zero-order valence-electron chi connectivity index (χ0n) is 12.3. The Morgan fingerprint density at radius 2 is 2.25 bits per heavy atom. The van der Waals surface area contributed by atoms with E-state index in [1.807, 2.05) is 25.9 Å². The number of likely N-dealkylation sites (N-methyl/N-ethyl adjacent to an activating group) is 1. The summed E-state index contributed by atoms with van der Waals surface area (Å²) in [5.41, 5.74) is 0.218. The Balaban J connectivity index is 2.66. The first kappa shape index (κ1) is 16.9.